The van der Waals surface area contributed by atoms with Crippen molar-refractivity contribution < 1.29 is 14.1 Å². The number of methoxy groups -OCH3 is 1. The number of thiazole rings is 1. The molecule has 0 saturated carbocycles. The number of carbonyl (C=O) groups excluding carboxylic acids is 1. The monoisotopic (exact) mass is 412 g/mol. The zero-order chi connectivity index (χ0) is 20.1. The first kappa shape index (κ1) is 19.6. The molecular weight excluding hydrogens is 388 g/mol. The van der Waals surface area contributed by atoms with Gasteiger partial charge in [0, 0.05) is 49.0 Å². The van der Waals surface area contributed by atoms with Crippen molar-refractivity contribution in [2.24, 2.45) is 0 Å². The van der Waals surface area contributed by atoms with Gasteiger partial charge in [-0.15, -0.1) is 11.3 Å². The van der Waals surface area contributed by atoms with Gasteiger partial charge < -0.3 is 14.2 Å². The van der Waals surface area contributed by atoms with Gasteiger partial charge in [0.2, 0.25) is 17.6 Å². The Bertz CT molecular complexity index is 924. The van der Waals surface area contributed by atoms with Gasteiger partial charge in [0.1, 0.15) is 5.75 Å². The molecule has 4 rings (SSSR count). The second-order valence-electron chi connectivity index (χ2n) is 7.14. The largest absolute Gasteiger partial charge is 0.497 e. The van der Waals surface area contributed by atoms with Gasteiger partial charge >= 0.3 is 0 Å². The summed E-state index contributed by atoms with van der Waals surface area (Å²) in [7, 11) is 1.63. The fourth-order valence-corrected chi connectivity index (χ4v) is 4.37. The number of likely N-dealkylation sites (tertiary alicyclic amines) is 1. The summed E-state index contributed by atoms with van der Waals surface area (Å²) in [4.78, 5) is 23.5. The Labute approximate surface area is 173 Å². The quantitative estimate of drug-likeness (QED) is 0.585. The molecule has 3 heterocycles. The van der Waals surface area contributed by atoms with E-state index in [1.54, 1.807) is 18.4 Å². The lowest BCUT2D eigenvalue weighted by molar-refractivity contribution is -0.132. The van der Waals surface area contributed by atoms with Crippen LogP contribution in [-0.2, 0) is 11.2 Å². The topological polar surface area (TPSA) is 81.4 Å². The van der Waals surface area contributed by atoms with E-state index in [-0.39, 0.29) is 5.91 Å². The van der Waals surface area contributed by atoms with Crippen LogP contribution in [-0.4, -0.2) is 46.1 Å². The molecule has 1 aromatic carbocycles. The number of amides is 1. The Balaban J connectivity index is 1.26. The summed E-state index contributed by atoms with van der Waals surface area (Å²) in [5.74, 6) is 2.46. The predicted molar refractivity (Wildman–Crippen MR) is 110 cm³/mol. The second-order valence-corrected chi connectivity index (χ2v) is 8.07. The Hall–Kier alpha value is -2.74. The van der Waals surface area contributed by atoms with E-state index in [1.165, 1.54) is 0 Å². The van der Waals surface area contributed by atoms with Crippen molar-refractivity contribution in [3.63, 3.8) is 0 Å². The maximum atomic E-state index is 12.6. The van der Waals surface area contributed by atoms with Gasteiger partial charge in [-0.2, -0.15) is 4.98 Å². The van der Waals surface area contributed by atoms with E-state index in [2.05, 4.69) is 15.1 Å². The molecule has 1 atom stereocenters. The number of piperidine rings is 1. The Kier molecular flexibility index (Phi) is 6.19. The average Bonchev–Trinajstić information content (AvgIpc) is 3.46. The van der Waals surface area contributed by atoms with E-state index >= 15 is 0 Å². The van der Waals surface area contributed by atoms with Gasteiger partial charge in [0.05, 0.1) is 12.1 Å². The van der Waals surface area contributed by atoms with Gasteiger partial charge in [0.25, 0.3) is 0 Å². The lowest BCUT2D eigenvalue weighted by Crippen LogP contribution is -2.39. The van der Waals surface area contributed by atoms with E-state index in [0.29, 0.717) is 36.9 Å². The van der Waals surface area contributed by atoms with Crippen LogP contribution < -0.4 is 4.74 Å². The first-order chi connectivity index (χ1) is 14.2. The van der Waals surface area contributed by atoms with Crippen LogP contribution in [0.15, 0.2) is 40.4 Å². The Morgan fingerprint density at radius 2 is 2.21 bits per heavy atom. The fourth-order valence-electron chi connectivity index (χ4n) is 3.60. The Morgan fingerprint density at radius 3 is 2.97 bits per heavy atom. The summed E-state index contributed by atoms with van der Waals surface area (Å²) in [6, 6.07) is 7.52. The molecule has 152 valence electrons. The van der Waals surface area contributed by atoms with E-state index in [9.17, 15) is 4.79 Å². The highest BCUT2D eigenvalue weighted by Crippen LogP contribution is 2.28. The number of carbonyl (C=O) groups is 1. The molecule has 1 fully saturated rings. The minimum atomic E-state index is 0.196. The van der Waals surface area contributed by atoms with Crippen LogP contribution in [0, 0.1) is 0 Å². The van der Waals surface area contributed by atoms with Crippen molar-refractivity contribution in [2.75, 3.05) is 20.2 Å². The van der Waals surface area contributed by atoms with Gasteiger partial charge in [0.15, 0.2) is 0 Å². The van der Waals surface area contributed by atoms with Crippen LogP contribution in [0.2, 0.25) is 0 Å². The maximum Gasteiger partial charge on any atom is 0.226 e. The molecule has 8 heteroatoms. The highest BCUT2D eigenvalue weighted by atomic mass is 32.1. The second kappa shape index (κ2) is 9.17. The third kappa shape index (κ3) is 4.82. The number of benzene rings is 1. The first-order valence-electron chi connectivity index (χ1n) is 9.87. The molecule has 1 aliphatic heterocycles. The van der Waals surface area contributed by atoms with Crippen molar-refractivity contribution in [1.82, 2.24) is 20.0 Å². The van der Waals surface area contributed by atoms with Gasteiger partial charge in [-0.25, -0.2) is 4.98 Å². The summed E-state index contributed by atoms with van der Waals surface area (Å²) in [6.45, 7) is 1.61. The third-order valence-corrected chi connectivity index (χ3v) is 6.11. The van der Waals surface area contributed by atoms with Crippen molar-refractivity contribution in [3.8, 4) is 17.1 Å². The SMILES string of the molecule is COc1ccc(-c2noc(CCCC(=O)N3CCCC(c4nccs4)C3)n2)cc1. The third-order valence-electron chi connectivity index (χ3n) is 5.17. The fraction of sp³-hybridized carbons (Fsp3) is 0.429. The number of aromatic nitrogens is 3. The highest BCUT2D eigenvalue weighted by molar-refractivity contribution is 7.09. The number of ether oxygens (including phenoxy) is 1. The van der Waals surface area contributed by atoms with Crippen molar-refractivity contribution in [2.45, 2.75) is 38.0 Å². The van der Waals surface area contributed by atoms with Gasteiger partial charge in [-0.05, 0) is 43.5 Å². The molecular formula is C21H24N4O3S. The van der Waals surface area contributed by atoms with E-state index in [0.717, 1.165) is 42.3 Å². The molecule has 0 spiro atoms. The van der Waals surface area contributed by atoms with Crippen LogP contribution >= 0.6 is 11.3 Å². The number of nitrogens with zero attached hydrogens (tertiary/aromatic N) is 4. The summed E-state index contributed by atoms with van der Waals surface area (Å²) < 4.78 is 10.5. The van der Waals surface area contributed by atoms with Crippen LogP contribution in [0.25, 0.3) is 11.4 Å². The van der Waals surface area contributed by atoms with Crippen molar-refractivity contribution in [1.29, 1.82) is 0 Å². The summed E-state index contributed by atoms with van der Waals surface area (Å²) >= 11 is 1.68. The molecule has 29 heavy (non-hydrogen) atoms. The van der Waals surface area contributed by atoms with Gasteiger partial charge in [-0.3, -0.25) is 4.79 Å². The summed E-state index contributed by atoms with van der Waals surface area (Å²) in [6.07, 6.45) is 5.76. The molecule has 0 N–H and O–H groups in total. The zero-order valence-corrected chi connectivity index (χ0v) is 17.2. The lowest BCUT2D eigenvalue weighted by Gasteiger charge is -2.32. The van der Waals surface area contributed by atoms with Crippen LogP contribution in [0.4, 0.5) is 0 Å². The normalized spacial score (nSPS) is 16.7. The molecule has 0 bridgehead atoms. The Morgan fingerprint density at radius 1 is 1.34 bits per heavy atom. The molecule has 7 nitrogen and oxygen atoms in total. The van der Waals surface area contributed by atoms with Gasteiger partial charge in [-0.1, -0.05) is 5.16 Å². The van der Waals surface area contributed by atoms with E-state index < -0.39 is 0 Å². The summed E-state index contributed by atoms with van der Waals surface area (Å²) in [5, 5.41) is 7.18. The molecule has 2 aromatic heterocycles. The maximum absolute atomic E-state index is 12.6. The minimum Gasteiger partial charge on any atom is -0.497 e. The van der Waals surface area contributed by atoms with Crippen LogP contribution in [0.5, 0.6) is 5.75 Å². The first-order valence-corrected chi connectivity index (χ1v) is 10.7. The number of aryl methyl sites for hydroxylation is 1. The van der Waals surface area contributed by atoms with E-state index in [1.807, 2.05) is 40.7 Å². The molecule has 3 aromatic rings. The lowest BCUT2D eigenvalue weighted by atomic mass is 9.98. The van der Waals surface area contributed by atoms with Crippen molar-refractivity contribution >= 4 is 17.2 Å². The molecule has 0 radical (unpaired) electrons. The predicted octanol–water partition coefficient (Wildman–Crippen LogP) is 3.93. The minimum absolute atomic E-state index is 0.196. The number of rotatable bonds is 7. The smallest absolute Gasteiger partial charge is 0.226 e. The van der Waals surface area contributed by atoms with E-state index in [4.69, 9.17) is 9.26 Å². The molecule has 0 aliphatic carbocycles. The molecule has 1 unspecified atom stereocenters. The van der Waals surface area contributed by atoms with Crippen molar-refractivity contribution in [3.05, 3.63) is 46.7 Å². The van der Waals surface area contributed by atoms with Crippen LogP contribution in [0.3, 0.4) is 0 Å². The molecule has 1 amide bonds. The van der Waals surface area contributed by atoms with Crippen LogP contribution in [0.1, 0.15) is 42.5 Å². The average molecular weight is 413 g/mol. The standard InChI is InChI=1S/C21H24N4O3S/c1-27-17-9-7-15(8-10-17)20-23-18(28-24-20)5-2-6-19(26)25-12-3-4-16(14-25)21-22-11-13-29-21/h7-11,13,16H,2-6,12,14H2,1H3. The highest BCUT2D eigenvalue weighted by Gasteiger charge is 2.25. The molecule has 1 aliphatic rings. The summed E-state index contributed by atoms with van der Waals surface area (Å²) in [5.41, 5.74) is 0.874. The number of hydrogen-bond acceptors (Lipinski definition) is 7. The zero-order valence-electron chi connectivity index (χ0n) is 16.4. The molecule has 1 saturated heterocycles. The number of hydrogen-bond donors (Lipinski definition) is 0.